The van der Waals surface area contributed by atoms with Crippen LogP contribution < -0.4 is 0 Å². The maximum atomic E-state index is 5.62. The van der Waals surface area contributed by atoms with Gasteiger partial charge in [-0.3, -0.25) is 0 Å². The van der Waals surface area contributed by atoms with E-state index < -0.39 is 0 Å². The molecule has 2 nitrogen and oxygen atoms in total. The first-order chi connectivity index (χ1) is 6.72. The van der Waals surface area contributed by atoms with Crippen molar-refractivity contribution < 1.29 is 4.42 Å². The second-order valence-electron chi connectivity index (χ2n) is 3.22. The topological polar surface area (TPSA) is 26.0 Å². The predicted molar refractivity (Wildman–Crippen MR) is 66.5 cm³/mol. The molecule has 0 unspecified atom stereocenters. The molecule has 0 amide bonds. The van der Waals surface area contributed by atoms with Gasteiger partial charge >= 0.3 is 0 Å². The zero-order valence-corrected chi connectivity index (χ0v) is 10.2. The van der Waals surface area contributed by atoms with E-state index >= 15 is 0 Å². The quantitative estimate of drug-likeness (QED) is 0.748. The van der Waals surface area contributed by atoms with Gasteiger partial charge in [0.25, 0.3) is 0 Å². The third-order valence-corrected chi connectivity index (χ3v) is 2.52. The molecule has 0 aliphatic heterocycles. The summed E-state index contributed by atoms with van der Waals surface area (Å²) in [6.45, 7) is 4.08. The van der Waals surface area contributed by atoms with E-state index in [2.05, 4.69) is 39.7 Å². The number of aromatic nitrogens is 1. The Balaban J connectivity index is 2.75. The summed E-state index contributed by atoms with van der Waals surface area (Å²) < 4.78 is 7.51. The summed E-state index contributed by atoms with van der Waals surface area (Å²) in [7, 11) is 0. The van der Waals surface area contributed by atoms with Gasteiger partial charge in [-0.15, -0.1) is 0 Å². The van der Waals surface area contributed by atoms with Gasteiger partial charge in [-0.1, -0.05) is 34.7 Å². The summed E-state index contributed by atoms with van der Waals surface area (Å²) in [5, 5.41) is 0. The van der Waals surface area contributed by atoms with Gasteiger partial charge in [-0.05, 0) is 29.1 Å². The summed E-state index contributed by atoms with van der Waals surface area (Å²) >= 11 is 2.15. The van der Waals surface area contributed by atoms with Crippen LogP contribution in [-0.2, 0) is 0 Å². The maximum Gasteiger partial charge on any atom is 0.220 e. The molecule has 14 heavy (non-hydrogen) atoms. The van der Waals surface area contributed by atoms with Crippen LogP contribution in [0.5, 0.6) is 0 Å². The van der Waals surface area contributed by atoms with Crippen LogP contribution in [0.1, 0.15) is 17.0 Å². The van der Waals surface area contributed by atoms with Gasteiger partial charge in [0.15, 0.2) is 5.58 Å². The Morgan fingerprint density at radius 2 is 2.00 bits per heavy atom. The molecule has 0 fully saturated rings. The second-order valence-corrected chi connectivity index (χ2v) is 3.94. The molecule has 0 aliphatic carbocycles. The molecule has 0 saturated carbocycles. The second kappa shape index (κ2) is 3.73. The Labute approximate surface area is 96.2 Å². The molecule has 0 N–H and O–H groups in total. The third kappa shape index (κ3) is 1.56. The highest BCUT2D eigenvalue weighted by Crippen LogP contribution is 2.23. The predicted octanol–water partition coefficient (Wildman–Crippen LogP) is 3.85. The normalized spacial score (nSPS) is 11.6. The molecule has 0 saturated heterocycles. The van der Waals surface area contributed by atoms with Gasteiger partial charge in [-0.2, -0.15) is 0 Å². The molecule has 1 aromatic heterocycles. The van der Waals surface area contributed by atoms with Crippen molar-refractivity contribution >= 4 is 39.8 Å². The number of halogens is 1. The van der Waals surface area contributed by atoms with E-state index in [1.165, 1.54) is 0 Å². The van der Waals surface area contributed by atoms with Crippen LogP contribution in [0.3, 0.4) is 0 Å². The van der Waals surface area contributed by atoms with E-state index in [1.54, 1.807) is 0 Å². The molecule has 3 heteroatoms. The van der Waals surface area contributed by atoms with Crippen molar-refractivity contribution in [2.45, 2.75) is 13.8 Å². The highest BCUT2D eigenvalue weighted by atomic mass is 127. The highest BCUT2D eigenvalue weighted by Gasteiger charge is 2.07. The molecule has 1 heterocycles. The molecule has 72 valence electrons. The van der Waals surface area contributed by atoms with Crippen LogP contribution in [-0.4, -0.2) is 4.98 Å². The van der Waals surface area contributed by atoms with Crippen LogP contribution >= 0.6 is 22.6 Å². The van der Waals surface area contributed by atoms with Gasteiger partial charge in [0.2, 0.25) is 5.89 Å². The Morgan fingerprint density at radius 3 is 2.64 bits per heavy atom. The lowest BCUT2D eigenvalue weighted by Crippen LogP contribution is -1.78. The largest absolute Gasteiger partial charge is 0.436 e. The molecule has 1 aromatic carbocycles. The van der Waals surface area contributed by atoms with Gasteiger partial charge in [0, 0.05) is 6.08 Å². The number of hydrogen-bond acceptors (Lipinski definition) is 2. The summed E-state index contributed by atoms with van der Waals surface area (Å²) in [6.07, 6.45) is 1.86. The molecule has 0 spiro atoms. The standard InChI is InChI=1S/C11H10INO/c1-7-3-4-8(2)11-10(7)13-9(14-11)5-6-12/h3-6H,1-2H3/b6-5+. The molecule has 0 atom stereocenters. The first-order valence-corrected chi connectivity index (χ1v) is 5.60. The Morgan fingerprint density at radius 1 is 1.29 bits per heavy atom. The minimum Gasteiger partial charge on any atom is -0.436 e. The Bertz CT molecular complexity index is 460. The zero-order valence-electron chi connectivity index (χ0n) is 8.04. The van der Waals surface area contributed by atoms with Crippen molar-refractivity contribution in [3.05, 3.63) is 33.2 Å². The summed E-state index contributed by atoms with van der Waals surface area (Å²) in [4.78, 5) is 4.40. The van der Waals surface area contributed by atoms with Crippen molar-refractivity contribution in [2.24, 2.45) is 0 Å². The number of hydrogen-bond donors (Lipinski definition) is 0. The van der Waals surface area contributed by atoms with E-state index in [9.17, 15) is 0 Å². The fraction of sp³-hybridized carbons (Fsp3) is 0.182. The molecular formula is C11H10INO. The molecule has 0 bridgehead atoms. The van der Waals surface area contributed by atoms with Crippen molar-refractivity contribution in [3.63, 3.8) is 0 Å². The summed E-state index contributed by atoms with van der Waals surface area (Å²) in [6, 6.07) is 4.12. The van der Waals surface area contributed by atoms with Crippen LogP contribution in [0.25, 0.3) is 17.2 Å². The number of rotatable bonds is 1. The van der Waals surface area contributed by atoms with E-state index in [1.807, 2.05) is 24.0 Å². The van der Waals surface area contributed by atoms with Gasteiger partial charge in [0.1, 0.15) is 5.52 Å². The molecule has 0 radical (unpaired) electrons. The van der Waals surface area contributed by atoms with Crippen LogP contribution in [0.4, 0.5) is 0 Å². The van der Waals surface area contributed by atoms with E-state index in [4.69, 9.17) is 4.42 Å². The molecular weight excluding hydrogens is 289 g/mol. The highest BCUT2D eigenvalue weighted by molar-refractivity contribution is 14.1. The monoisotopic (exact) mass is 299 g/mol. The lowest BCUT2D eigenvalue weighted by molar-refractivity contribution is 0.587. The number of nitrogens with zero attached hydrogens (tertiary/aromatic N) is 1. The van der Waals surface area contributed by atoms with Crippen molar-refractivity contribution in [2.75, 3.05) is 0 Å². The fourth-order valence-corrected chi connectivity index (χ4v) is 1.71. The van der Waals surface area contributed by atoms with Crippen LogP contribution in [0, 0.1) is 13.8 Å². The average Bonchev–Trinajstić information content (AvgIpc) is 2.57. The average molecular weight is 299 g/mol. The third-order valence-electron chi connectivity index (χ3n) is 2.16. The summed E-state index contributed by atoms with van der Waals surface area (Å²) in [5.41, 5.74) is 4.15. The summed E-state index contributed by atoms with van der Waals surface area (Å²) in [5.74, 6) is 0.673. The van der Waals surface area contributed by atoms with Crippen LogP contribution in [0.2, 0.25) is 0 Å². The van der Waals surface area contributed by atoms with E-state index in [0.717, 1.165) is 22.2 Å². The molecule has 0 aliphatic rings. The van der Waals surface area contributed by atoms with Gasteiger partial charge < -0.3 is 4.42 Å². The Hall–Kier alpha value is -0.840. The van der Waals surface area contributed by atoms with Crippen molar-refractivity contribution in [1.82, 2.24) is 4.98 Å². The smallest absolute Gasteiger partial charge is 0.220 e. The maximum absolute atomic E-state index is 5.62. The fourth-order valence-electron chi connectivity index (χ4n) is 1.40. The number of fused-ring (bicyclic) bond motifs is 1. The number of aryl methyl sites for hydroxylation is 2. The lowest BCUT2D eigenvalue weighted by Gasteiger charge is -1.94. The molecule has 2 rings (SSSR count). The SMILES string of the molecule is Cc1ccc(C)c2oc(/C=C/I)nc12. The van der Waals surface area contributed by atoms with Gasteiger partial charge in [-0.25, -0.2) is 4.98 Å². The van der Waals surface area contributed by atoms with Crippen molar-refractivity contribution in [3.8, 4) is 0 Å². The van der Waals surface area contributed by atoms with E-state index in [0.29, 0.717) is 5.89 Å². The first-order valence-electron chi connectivity index (χ1n) is 4.36. The van der Waals surface area contributed by atoms with Gasteiger partial charge in [0.05, 0.1) is 0 Å². The molecule has 2 aromatic rings. The minimum absolute atomic E-state index is 0.673. The van der Waals surface area contributed by atoms with E-state index in [-0.39, 0.29) is 0 Å². The van der Waals surface area contributed by atoms with Crippen LogP contribution in [0.15, 0.2) is 20.6 Å². The first kappa shape index (κ1) is 9.71. The number of benzene rings is 1. The van der Waals surface area contributed by atoms with Crippen molar-refractivity contribution in [1.29, 1.82) is 0 Å². The lowest BCUT2D eigenvalue weighted by atomic mass is 10.1. The zero-order chi connectivity index (χ0) is 10.1. The minimum atomic E-state index is 0.673. The number of oxazole rings is 1. The Kier molecular flexibility index (Phi) is 2.58.